The van der Waals surface area contributed by atoms with Crippen molar-refractivity contribution in [1.29, 1.82) is 0 Å². The summed E-state index contributed by atoms with van der Waals surface area (Å²) in [4.78, 5) is 52.7. The van der Waals surface area contributed by atoms with Gasteiger partial charge in [-0.15, -0.1) is 0 Å². The molecule has 0 aliphatic carbocycles. The molecule has 3 aliphatic heterocycles. The highest BCUT2D eigenvalue weighted by Crippen LogP contribution is 2.54. The number of rotatable bonds is 5. The standard InChI is InChI=1S/C21H26N4O4/c1-4-11(3)25-18(27)16-14(7-8-15(22)26)24-21(17(16)19(25)28)12-9-10(2)5-6-13(12)23-20(21)29/h5-6,9,11,14,16-17,24H,4,7-8H2,1-3H3,(H2,22,26)(H,23,29). The number of aryl methyl sites for hydroxylation is 1. The Bertz CT molecular complexity index is 929. The maximum absolute atomic E-state index is 13.5. The maximum atomic E-state index is 13.5. The fourth-order valence-electron chi connectivity index (χ4n) is 5.10. The zero-order valence-corrected chi connectivity index (χ0v) is 16.8. The molecular formula is C21H26N4O4. The Kier molecular flexibility index (Phi) is 4.49. The maximum Gasteiger partial charge on any atom is 0.250 e. The van der Waals surface area contributed by atoms with Crippen LogP contribution in [-0.4, -0.2) is 40.6 Å². The molecule has 4 amide bonds. The first-order valence-corrected chi connectivity index (χ1v) is 10.1. The highest BCUT2D eigenvalue weighted by molar-refractivity contribution is 6.15. The van der Waals surface area contributed by atoms with Gasteiger partial charge in [-0.3, -0.25) is 29.4 Å². The van der Waals surface area contributed by atoms with Crippen LogP contribution in [0, 0.1) is 18.8 Å². The van der Waals surface area contributed by atoms with Crippen LogP contribution in [0.2, 0.25) is 0 Å². The lowest BCUT2D eigenvalue weighted by atomic mass is 9.76. The predicted octanol–water partition coefficient (Wildman–Crippen LogP) is 0.779. The van der Waals surface area contributed by atoms with Gasteiger partial charge in [-0.1, -0.05) is 24.6 Å². The minimum atomic E-state index is -1.32. The normalized spacial score (nSPS) is 31.2. The van der Waals surface area contributed by atoms with E-state index in [1.165, 1.54) is 4.90 Å². The number of hydrogen-bond acceptors (Lipinski definition) is 5. The molecule has 0 radical (unpaired) electrons. The van der Waals surface area contributed by atoms with Gasteiger partial charge in [0, 0.05) is 29.8 Å². The molecule has 8 nitrogen and oxygen atoms in total. The van der Waals surface area contributed by atoms with E-state index >= 15 is 0 Å². The molecule has 0 aromatic heterocycles. The van der Waals surface area contributed by atoms with Crippen molar-refractivity contribution < 1.29 is 19.2 Å². The average molecular weight is 398 g/mol. The molecule has 1 aromatic rings. The van der Waals surface area contributed by atoms with E-state index in [2.05, 4.69) is 10.6 Å². The Labute approximate surface area is 169 Å². The van der Waals surface area contributed by atoms with Gasteiger partial charge in [-0.25, -0.2) is 0 Å². The van der Waals surface area contributed by atoms with Gasteiger partial charge < -0.3 is 11.1 Å². The monoisotopic (exact) mass is 398 g/mol. The van der Waals surface area contributed by atoms with Gasteiger partial charge in [0.15, 0.2) is 0 Å². The molecule has 1 spiro atoms. The molecule has 3 heterocycles. The molecule has 5 atom stereocenters. The Hall–Kier alpha value is -2.74. The SMILES string of the molecule is CCC(C)N1C(=O)C2C(CCC(N)=O)NC3(C(=O)Nc4ccc(C)cc43)C2C1=O. The molecule has 29 heavy (non-hydrogen) atoms. The van der Waals surface area contributed by atoms with Gasteiger partial charge in [0.25, 0.3) is 0 Å². The summed E-state index contributed by atoms with van der Waals surface area (Å²) in [6.07, 6.45) is 0.995. The van der Waals surface area contributed by atoms with Crippen molar-refractivity contribution in [2.75, 3.05) is 5.32 Å². The lowest BCUT2D eigenvalue weighted by molar-refractivity contribution is -0.145. The van der Waals surface area contributed by atoms with Gasteiger partial charge in [-0.05, 0) is 32.8 Å². The summed E-state index contributed by atoms with van der Waals surface area (Å²) in [5.41, 5.74) is 6.29. The third-order valence-electron chi connectivity index (χ3n) is 6.64. The number of fused-ring (bicyclic) bond motifs is 4. The second-order valence-electron chi connectivity index (χ2n) is 8.37. The molecule has 4 rings (SSSR count). The van der Waals surface area contributed by atoms with E-state index in [0.717, 1.165) is 5.56 Å². The Morgan fingerprint density at radius 1 is 1.28 bits per heavy atom. The lowest BCUT2D eigenvalue weighted by Crippen LogP contribution is -2.54. The Morgan fingerprint density at radius 2 is 2.00 bits per heavy atom. The largest absolute Gasteiger partial charge is 0.370 e. The molecular weight excluding hydrogens is 372 g/mol. The molecule has 0 bridgehead atoms. The number of nitrogens with zero attached hydrogens (tertiary/aromatic N) is 1. The molecule has 3 aliphatic rings. The highest BCUT2D eigenvalue weighted by Gasteiger charge is 2.70. The van der Waals surface area contributed by atoms with Crippen LogP contribution in [0.25, 0.3) is 0 Å². The Morgan fingerprint density at radius 3 is 2.66 bits per heavy atom. The van der Waals surface area contributed by atoms with Gasteiger partial charge in [0.2, 0.25) is 23.6 Å². The van der Waals surface area contributed by atoms with Crippen LogP contribution in [0.15, 0.2) is 18.2 Å². The quantitative estimate of drug-likeness (QED) is 0.633. The zero-order chi connectivity index (χ0) is 21.1. The summed E-state index contributed by atoms with van der Waals surface area (Å²) in [6.45, 7) is 5.67. The van der Waals surface area contributed by atoms with Crippen molar-refractivity contribution in [1.82, 2.24) is 10.2 Å². The number of nitrogens with two attached hydrogens (primary N) is 1. The topological polar surface area (TPSA) is 122 Å². The third-order valence-corrected chi connectivity index (χ3v) is 6.64. The number of carbonyl (C=O) groups is 4. The fourth-order valence-corrected chi connectivity index (χ4v) is 5.10. The number of nitrogens with one attached hydrogen (secondary N) is 2. The summed E-state index contributed by atoms with van der Waals surface area (Å²) in [6, 6.07) is 4.85. The van der Waals surface area contributed by atoms with Crippen molar-refractivity contribution in [2.45, 2.75) is 57.7 Å². The molecule has 2 saturated heterocycles. The number of likely N-dealkylation sites (tertiary alicyclic amines) is 1. The summed E-state index contributed by atoms with van der Waals surface area (Å²) < 4.78 is 0. The van der Waals surface area contributed by atoms with E-state index in [1.807, 2.05) is 39.0 Å². The van der Waals surface area contributed by atoms with Crippen LogP contribution >= 0.6 is 0 Å². The van der Waals surface area contributed by atoms with Gasteiger partial charge in [0.05, 0.1) is 11.8 Å². The van der Waals surface area contributed by atoms with E-state index in [1.54, 1.807) is 0 Å². The fraction of sp³-hybridized carbons (Fsp3) is 0.524. The van der Waals surface area contributed by atoms with Crippen molar-refractivity contribution in [2.24, 2.45) is 17.6 Å². The minimum absolute atomic E-state index is 0.0735. The molecule has 4 N–H and O–H groups in total. The number of amides is 4. The van der Waals surface area contributed by atoms with Crippen LogP contribution in [0.3, 0.4) is 0 Å². The number of primary amides is 1. The molecule has 8 heteroatoms. The summed E-state index contributed by atoms with van der Waals surface area (Å²) in [5, 5.41) is 6.18. The van der Waals surface area contributed by atoms with Crippen LogP contribution in [0.5, 0.6) is 0 Å². The first-order valence-electron chi connectivity index (χ1n) is 10.1. The van der Waals surface area contributed by atoms with Crippen LogP contribution < -0.4 is 16.4 Å². The van der Waals surface area contributed by atoms with Crippen LogP contribution in [0.1, 0.15) is 44.2 Å². The molecule has 1 aromatic carbocycles. The van der Waals surface area contributed by atoms with E-state index < -0.39 is 29.3 Å². The second-order valence-corrected chi connectivity index (χ2v) is 8.37. The van der Waals surface area contributed by atoms with Crippen LogP contribution in [0.4, 0.5) is 5.69 Å². The van der Waals surface area contributed by atoms with E-state index in [0.29, 0.717) is 24.1 Å². The second kappa shape index (κ2) is 6.66. The number of imide groups is 1. The lowest BCUT2D eigenvalue weighted by Gasteiger charge is -2.31. The molecule has 2 fully saturated rings. The average Bonchev–Trinajstić information content (AvgIpc) is 3.25. The van der Waals surface area contributed by atoms with Crippen molar-refractivity contribution >= 4 is 29.3 Å². The summed E-state index contributed by atoms with van der Waals surface area (Å²) >= 11 is 0. The number of benzene rings is 1. The number of hydrogen-bond donors (Lipinski definition) is 3. The Balaban J connectivity index is 1.85. The minimum Gasteiger partial charge on any atom is -0.370 e. The van der Waals surface area contributed by atoms with Crippen molar-refractivity contribution in [3.05, 3.63) is 29.3 Å². The van der Waals surface area contributed by atoms with E-state index in [-0.39, 0.29) is 30.2 Å². The number of anilines is 1. The van der Waals surface area contributed by atoms with Crippen molar-refractivity contribution in [3.8, 4) is 0 Å². The van der Waals surface area contributed by atoms with Gasteiger partial charge >= 0.3 is 0 Å². The molecule has 154 valence electrons. The van der Waals surface area contributed by atoms with E-state index in [9.17, 15) is 19.2 Å². The summed E-state index contributed by atoms with van der Waals surface area (Å²) in [7, 11) is 0. The predicted molar refractivity (Wildman–Crippen MR) is 105 cm³/mol. The van der Waals surface area contributed by atoms with Gasteiger partial charge in [0.1, 0.15) is 5.54 Å². The number of carbonyl (C=O) groups excluding carboxylic acids is 4. The smallest absolute Gasteiger partial charge is 0.250 e. The van der Waals surface area contributed by atoms with Crippen molar-refractivity contribution in [3.63, 3.8) is 0 Å². The van der Waals surface area contributed by atoms with E-state index in [4.69, 9.17) is 5.73 Å². The first-order chi connectivity index (χ1) is 13.7. The van der Waals surface area contributed by atoms with Gasteiger partial charge in [-0.2, -0.15) is 0 Å². The first kappa shape index (κ1) is 19.6. The summed E-state index contributed by atoms with van der Waals surface area (Å²) in [5.74, 6) is -2.96. The third kappa shape index (κ3) is 2.62. The molecule has 0 saturated carbocycles. The zero-order valence-electron chi connectivity index (χ0n) is 16.8. The highest BCUT2D eigenvalue weighted by atomic mass is 16.2. The molecule has 5 unspecified atom stereocenters. The van der Waals surface area contributed by atoms with Crippen LogP contribution in [-0.2, 0) is 24.7 Å².